The van der Waals surface area contributed by atoms with Crippen LogP contribution in [0.1, 0.15) is 28.7 Å². The third-order valence-corrected chi connectivity index (χ3v) is 5.99. The topological polar surface area (TPSA) is 79.7 Å². The van der Waals surface area contributed by atoms with Gasteiger partial charge in [-0.2, -0.15) is 0 Å². The Labute approximate surface area is 208 Å². The van der Waals surface area contributed by atoms with Crippen molar-refractivity contribution in [2.75, 3.05) is 13.4 Å². The fraction of sp³-hybridized carbons (Fsp3) is 0.115. The molecule has 5 rings (SSSR count). The summed E-state index contributed by atoms with van der Waals surface area (Å²) in [6.45, 7) is 2.25. The summed E-state index contributed by atoms with van der Waals surface area (Å²) < 4.78 is 18.4. The molecule has 0 radical (unpaired) electrons. The minimum absolute atomic E-state index is 0.197. The van der Waals surface area contributed by atoms with Crippen LogP contribution in [-0.4, -0.2) is 28.9 Å². The average Bonchev–Trinajstić information content (AvgIpc) is 3.31. The fourth-order valence-electron chi connectivity index (χ4n) is 3.68. The number of fused-ring (bicyclic) bond motifs is 2. The Morgan fingerprint density at radius 1 is 1.06 bits per heavy atom. The summed E-state index contributed by atoms with van der Waals surface area (Å²) >= 11 is 2.17. The summed E-state index contributed by atoms with van der Waals surface area (Å²) in [7, 11) is 0. The molecule has 3 aromatic carbocycles. The van der Waals surface area contributed by atoms with Gasteiger partial charge in [0.15, 0.2) is 11.5 Å². The number of hydrogen-bond acceptors (Lipinski definition) is 6. The predicted molar refractivity (Wildman–Crippen MR) is 138 cm³/mol. The number of carbonyl (C=O) groups excluding carboxylic acids is 1. The summed E-state index contributed by atoms with van der Waals surface area (Å²) in [6, 6.07) is 17.9. The van der Waals surface area contributed by atoms with Gasteiger partial charge in [0, 0.05) is 3.57 Å². The molecule has 1 aliphatic rings. The Morgan fingerprint density at radius 2 is 1.85 bits per heavy atom. The normalized spacial score (nSPS) is 12.4. The molecule has 170 valence electrons. The zero-order chi connectivity index (χ0) is 23.7. The Balaban J connectivity index is 1.62. The van der Waals surface area contributed by atoms with Crippen molar-refractivity contribution in [3.05, 3.63) is 91.5 Å². The van der Waals surface area contributed by atoms with Gasteiger partial charge >= 0.3 is 5.97 Å². The van der Waals surface area contributed by atoms with Gasteiger partial charge in [0.2, 0.25) is 6.79 Å². The van der Waals surface area contributed by atoms with Crippen molar-refractivity contribution in [3.63, 3.8) is 0 Å². The lowest BCUT2D eigenvalue weighted by atomic mass is 10.1. The number of carbonyl (C=O) groups is 1. The maximum Gasteiger partial charge on any atom is 0.338 e. The van der Waals surface area contributed by atoms with Gasteiger partial charge in [0.05, 0.1) is 28.8 Å². The maximum absolute atomic E-state index is 13.5. The van der Waals surface area contributed by atoms with E-state index in [-0.39, 0.29) is 12.4 Å². The highest BCUT2D eigenvalue weighted by atomic mass is 127. The van der Waals surface area contributed by atoms with Crippen LogP contribution in [-0.2, 0) is 4.74 Å². The fourth-order valence-corrected chi connectivity index (χ4v) is 4.18. The van der Waals surface area contributed by atoms with E-state index in [0.717, 1.165) is 9.13 Å². The Hall–Kier alpha value is -3.66. The molecule has 0 saturated heterocycles. The third kappa shape index (κ3) is 4.28. The molecule has 0 aliphatic carbocycles. The molecule has 0 amide bonds. The first-order valence-corrected chi connectivity index (χ1v) is 11.7. The number of rotatable bonds is 5. The van der Waals surface area contributed by atoms with E-state index >= 15 is 0 Å². The highest BCUT2D eigenvalue weighted by Crippen LogP contribution is 2.33. The van der Waals surface area contributed by atoms with Crippen molar-refractivity contribution < 1.29 is 19.0 Å². The second-order valence-electron chi connectivity index (χ2n) is 7.49. The number of halogens is 1. The summed E-state index contributed by atoms with van der Waals surface area (Å²) in [4.78, 5) is 30.3. The minimum Gasteiger partial charge on any atom is -0.462 e. The number of ether oxygens (including phenoxy) is 3. The van der Waals surface area contributed by atoms with Crippen molar-refractivity contribution in [1.29, 1.82) is 0 Å². The van der Waals surface area contributed by atoms with Crippen LogP contribution in [0.15, 0.2) is 65.5 Å². The van der Waals surface area contributed by atoms with E-state index in [1.54, 1.807) is 37.3 Å². The standard InChI is InChI=1S/C26H19IN2O5/c1-2-32-26(31)17-5-8-19(9-6-17)29-24(28-21-10-7-18(27)14-20(21)25(29)30)12-4-16-3-11-22-23(13-16)34-15-33-22/h3-14H,2,15H2,1H3. The Bertz CT molecular complexity index is 1490. The zero-order valence-electron chi connectivity index (χ0n) is 18.2. The summed E-state index contributed by atoms with van der Waals surface area (Å²) in [5, 5.41) is 0.515. The SMILES string of the molecule is CCOC(=O)c1ccc(-n2c(C=Cc3ccc4c(c3)OCO4)nc3ccc(I)cc3c2=O)cc1. The van der Waals surface area contributed by atoms with Crippen LogP contribution in [0.2, 0.25) is 0 Å². The second-order valence-corrected chi connectivity index (χ2v) is 8.73. The smallest absolute Gasteiger partial charge is 0.338 e. The Morgan fingerprint density at radius 3 is 2.65 bits per heavy atom. The van der Waals surface area contributed by atoms with Crippen molar-refractivity contribution >= 4 is 51.6 Å². The molecule has 1 aliphatic heterocycles. The van der Waals surface area contributed by atoms with Crippen LogP contribution in [0.3, 0.4) is 0 Å². The molecule has 0 fully saturated rings. The minimum atomic E-state index is -0.407. The van der Waals surface area contributed by atoms with Gasteiger partial charge in [0.25, 0.3) is 5.56 Å². The van der Waals surface area contributed by atoms with Gasteiger partial charge in [0.1, 0.15) is 5.82 Å². The van der Waals surface area contributed by atoms with E-state index in [1.165, 1.54) is 4.57 Å². The predicted octanol–water partition coefficient (Wildman–Crippen LogP) is 5.07. The van der Waals surface area contributed by atoms with Crippen LogP contribution in [0.4, 0.5) is 0 Å². The Kier molecular flexibility index (Phi) is 6.06. The molecule has 8 heteroatoms. The van der Waals surface area contributed by atoms with Crippen molar-refractivity contribution in [2.24, 2.45) is 0 Å². The highest BCUT2D eigenvalue weighted by Gasteiger charge is 2.15. The van der Waals surface area contributed by atoms with Crippen molar-refractivity contribution in [3.8, 4) is 17.2 Å². The van der Waals surface area contributed by atoms with Gasteiger partial charge in [-0.15, -0.1) is 0 Å². The van der Waals surface area contributed by atoms with Gasteiger partial charge in [-0.05, 0) is 95.8 Å². The lowest BCUT2D eigenvalue weighted by Gasteiger charge is -2.12. The lowest BCUT2D eigenvalue weighted by Crippen LogP contribution is -2.22. The number of benzene rings is 3. The number of esters is 1. The van der Waals surface area contributed by atoms with Crippen molar-refractivity contribution in [1.82, 2.24) is 9.55 Å². The number of hydrogen-bond donors (Lipinski definition) is 0. The average molecular weight is 566 g/mol. The first-order valence-electron chi connectivity index (χ1n) is 10.6. The highest BCUT2D eigenvalue weighted by molar-refractivity contribution is 14.1. The molecular formula is C26H19IN2O5. The molecule has 0 N–H and O–H groups in total. The van der Waals surface area contributed by atoms with E-state index in [9.17, 15) is 9.59 Å². The molecule has 4 aromatic rings. The number of nitrogens with zero attached hydrogens (tertiary/aromatic N) is 2. The maximum atomic E-state index is 13.5. The molecular weight excluding hydrogens is 547 g/mol. The molecule has 2 heterocycles. The first-order chi connectivity index (χ1) is 16.5. The molecule has 0 unspecified atom stereocenters. The van der Waals surface area contributed by atoms with E-state index in [4.69, 9.17) is 19.2 Å². The third-order valence-electron chi connectivity index (χ3n) is 5.31. The monoisotopic (exact) mass is 566 g/mol. The van der Waals surface area contributed by atoms with Crippen LogP contribution in [0.25, 0.3) is 28.7 Å². The van der Waals surface area contributed by atoms with Gasteiger partial charge in [-0.1, -0.05) is 12.1 Å². The van der Waals surface area contributed by atoms with Crippen molar-refractivity contribution in [2.45, 2.75) is 6.92 Å². The quantitative estimate of drug-likeness (QED) is 0.248. The molecule has 7 nitrogen and oxygen atoms in total. The van der Waals surface area contributed by atoms with E-state index in [2.05, 4.69) is 22.6 Å². The van der Waals surface area contributed by atoms with Gasteiger partial charge in [-0.25, -0.2) is 9.78 Å². The lowest BCUT2D eigenvalue weighted by molar-refractivity contribution is 0.0526. The first kappa shape index (κ1) is 22.1. The van der Waals surface area contributed by atoms with Crippen LogP contribution < -0.4 is 15.0 Å². The number of aromatic nitrogens is 2. The molecule has 34 heavy (non-hydrogen) atoms. The van der Waals surface area contributed by atoms with Gasteiger partial charge in [-0.3, -0.25) is 9.36 Å². The van der Waals surface area contributed by atoms with E-state index < -0.39 is 5.97 Å². The van der Waals surface area contributed by atoms with Gasteiger partial charge < -0.3 is 14.2 Å². The summed E-state index contributed by atoms with van der Waals surface area (Å²) in [6.07, 6.45) is 3.65. The summed E-state index contributed by atoms with van der Waals surface area (Å²) in [5.74, 6) is 1.43. The van der Waals surface area contributed by atoms with Crippen LogP contribution in [0, 0.1) is 3.57 Å². The molecule has 0 bridgehead atoms. The second kappa shape index (κ2) is 9.30. The largest absolute Gasteiger partial charge is 0.462 e. The zero-order valence-corrected chi connectivity index (χ0v) is 20.3. The van der Waals surface area contributed by atoms with E-state index in [1.807, 2.05) is 42.5 Å². The van der Waals surface area contributed by atoms with Crippen LogP contribution in [0.5, 0.6) is 11.5 Å². The molecule has 1 aromatic heterocycles. The molecule has 0 atom stereocenters. The molecule has 0 saturated carbocycles. The van der Waals surface area contributed by atoms with E-state index in [0.29, 0.717) is 46.1 Å². The van der Waals surface area contributed by atoms with Crippen LogP contribution >= 0.6 is 22.6 Å². The molecule has 0 spiro atoms. The summed E-state index contributed by atoms with van der Waals surface area (Å²) in [5.41, 5.74) is 2.30.